The molecule has 8 nitrogen and oxygen atoms in total. The summed E-state index contributed by atoms with van der Waals surface area (Å²) in [5, 5.41) is 26.7. The van der Waals surface area contributed by atoms with E-state index in [9.17, 15) is 20.2 Å². The predicted octanol–water partition coefficient (Wildman–Crippen LogP) is 3.05. The maximum atomic E-state index is 11.3. The summed E-state index contributed by atoms with van der Waals surface area (Å²) in [6, 6.07) is 3.64. The molecule has 8 heteroatoms. The van der Waals surface area contributed by atoms with E-state index in [0.717, 1.165) is 41.6 Å². The number of hydrogen-bond acceptors (Lipinski definition) is 6. The lowest BCUT2D eigenvalue weighted by atomic mass is 9.59. The summed E-state index contributed by atoms with van der Waals surface area (Å²) in [4.78, 5) is 20.9. The van der Waals surface area contributed by atoms with Gasteiger partial charge in [0.2, 0.25) is 0 Å². The van der Waals surface area contributed by atoms with Crippen LogP contribution in [0.3, 0.4) is 0 Å². The number of nitrogens with zero attached hydrogens (tertiary/aromatic N) is 3. The number of nitrogens with one attached hydrogen (secondary N) is 1. The Morgan fingerprint density at radius 3 is 2.48 bits per heavy atom. The van der Waals surface area contributed by atoms with Gasteiger partial charge in [0.15, 0.2) is 0 Å². The van der Waals surface area contributed by atoms with E-state index in [4.69, 9.17) is 0 Å². The van der Waals surface area contributed by atoms with Gasteiger partial charge in [0.1, 0.15) is 5.69 Å². The zero-order valence-electron chi connectivity index (χ0n) is 13.2. The minimum Gasteiger partial charge on any atom is -0.272 e. The van der Waals surface area contributed by atoms with Crippen molar-refractivity contribution in [2.45, 2.75) is 12.8 Å². The summed E-state index contributed by atoms with van der Waals surface area (Å²) in [5.41, 5.74) is 3.73. The molecule has 0 heterocycles. The normalized spacial score (nSPS) is 45.2. The number of nitro groups is 2. The van der Waals surface area contributed by atoms with E-state index >= 15 is 0 Å². The van der Waals surface area contributed by atoms with E-state index in [2.05, 4.69) is 10.5 Å². The first-order valence-corrected chi connectivity index (χ1v) is 8.82. The van der Waals surface area contributed by atoms with Gasteiger partial charge in [0, 0.05) is 23.6 Å². The van der Waals surface area contributed by atoms with Gasteiger partial charge < -0.3 is 0 Å². The minimum atomic E-state index is -0.627. The summed E-state index contributed by atoms with van der Waals surface area (Å²) < 4.78 is 0. The van der Waals surface area contributed by atoms with Crippen molar-refractivity contribution >= 4 is 22.8 Å². The van der Waals surface area contributed by atoms with Crippen LogP contribution in [0, 0.1) is 67.6 Å². The lowest BCUT2D eigenvalue weighted by Gasteiger charge is -2.44. The lowest BCUT2D eigenvalue weighted by molar-refractivity contribution is -0.393. The Morgan fingerprint density at radius 1 is 0.960 bits per heavy atom. The molecule has 5 aliphatic rings. The molecule has 1 N–H and O–H groups in total. The van der Waals surface area contributed by atoms with Crippen molar-refractivity contribution < 1.29 is 9.85 Å². The van der Waals surface area contributed by atoms with E-state index in [1.807, 2.05) is 0 Å². The fraction of sp³-hybridized carbons (Fsp3) is 0.588. The van der Waals surface area contributed by atoms with Gasteiger partial charge in [0.25, 0.3) is 5.69 Å². The molecule has 0 amide bonds. The van der Waals surface area contributed by atoms with Crippen LogP contribution >= 0.6 is 0 Å². The average Bonchev–Trinajstić information content (AvgIpc) is 3.12. The molecule has 6 rings (SSSR count). The van der Waals surface area contributed by atoms with Crippen molar-refractivity contribution in [3.63, 3.8) is 0 Å². The number of nitro benzene ring substituents is 2. The second-order valence-electron chi connectivity index (χ2n) is 8.20. The average molecular weight is 340 g/mol. The number of benzene rings is 1. The summed E-state index contributed by atoms with van der Waals surface area (Å²) in [7, 11) is 0. The highest BCUT2D eigenvalue weighted by Gasteiger charge is 2.79. The molecule has 0 spiro atoms. The maximum absolute atomic E-state index is 11.3. The molecule has 0 aromatic heterocycles. The Morgan fingerprint density at radius 2 is 1.72 bits per heavy atom. The van der Waals surface area contributed by atoms with Crippen molar-refractivity contribution in [1.29, 1.82) is 0 Å². The first-order chi connectivity index (χ1) is 12.1. The smallest absolute Gasteiger partial charge is 0.272 e. The minimum absolute atomic E-state index is 0.224. The lowest BCUT2D eigenvalue weighted by Crippen LogP contribution is -2.44. The van der Waals surface area contributed by atoms with Crippen LogP contribution in [0.2, 0.25) is 0 Å². The highest BCUT2D eigenvalue weighted by atomic mass is 16.6. The number of anilines is 1. The quantitative estimate of drug-likeness (QED) is 0.669. The van der Waals surface area contributed by atoms with Crippen LogP contribution in [0.25, 0.3) is 0 Å². The topological polar surface area (TPSA) is 111 Å². The number of non-ortho nitro benzene ring substituents is 1. The van der Waals surface area contributed by atoms with Gasteiger partial charge in [-0.3, -0.25) is 25.7 Å². The molecule has 0 aliphatic heterocycles. The van der Waals surface area contributed by atoms with Crippen molar-refractivity contribution in [2.75, 3.05) is 5.43 Å². The third-order valence-electron chi connectivity index (χ3n) is 7.74. The Bertz CT molecular complexity index is 877. The van der Waals surface area contributed by atoms with E-state index in [1.54, 1.807) is 0 Å². The molecule has 8 atom stereocenters. The standard InChI is InChI=1S/C17H16N4O4/c22-20(23)6-1-2-11(12(3-6)21(24)25)18-19-17-14-8-5-9-13-7(8)4-10(14)15(13)16(9)17/h1-3,7-10,13-16,18H,4-5H2/b19-17-/t7-,8-,9-,10+,13-,14-,15+,16+/m0/s1. The van der Waals surface area contributed by atoms with Gasteiger partial charge in [-0.25, -0.2) is 0 Å². The molecule has 25 heavy (non-hydrogen) atoms. The first-order valence-electron chi connectivity index (χ1n) is 8.82. The summed E-state index contributed by atoms with van der Waals surface area (Å²) in [6.45, 7) is 0. The van der Waals surface area contributed by atoms with Crippen LogP contribution in [0.15, 0.2) is 23.3 Å². The molecule has 1 aromatic rings. The predicted molar refractivity (Wildman–Crippen MR) is 88.0 cm³/mol. The largest absolute Gasteiger partial charge is 0.301 e. The monoisotopic (exact) mass is 340 g/mol. The van der Waals surface area contributed by atoms with E-state index in [1.165, 1.54) is 30.7 Å². The summed E-state index contributed by atoms with van der Waals surface area (Å²) in [6.07, 6.45) is 2.71. The molecule has 5 fully saturated rings. The highest BCUT2D eigenvalue weighted by Crippen LogP contribution is 2.81. The zero-order valence-corrected chi connectivity index (χ0v) is 13.2. The maximum Gasteiger partial charge on any atom is 0.301 e. The number of hydrogen-bond donors (Lipinski definition) is 1. The molecule has 0 saturated heterocycles. The molecule has 0 unspecified atom stereocenters. The number of fused-ring (bicyclic) bond motifs is 2. The van der Waals surface area contributed by atoms with Crippen molar-refractivity contribution in [1.82, 2.24) is 0 Å². The second-order valence-corrected chi connectivity index (χ2v) is 8.20. The van der Waals surface area contributed by atoms with Gasteiger partial charge in [-0.1, -0.05) is 0 Å². The molecule has 5 aliphatic carbocycles. The van der Waals surface area contributed by atoms with Gasteiger partial charge in [-0.15, -0.1) is 0 Å². The molecule has 1 aromatic carbocycles. The Hall–Kier alpha value is -2.51. The zero-order chi connectivity index (χ0) is 17.0. The Labute approximate surface area is 142 Å². The SMILES string of the molecule is O=[N+]([O-])c1ccc(N/N=C2/[C@@H]3[C@H]4C[C@H]5[C@@H]3C[C@@H]3[C@@H]2[C@H]4[C@H]35)c([N+](=O)[O-])c1. The van der Waals surface area contributed by atoms with Crippen LogP contribution in [-0.2, 0) is 0 Å². The highest BCUT2D eigenvalue weighted by molar-refractivity contribution is 5.96. The number of hydrazone groups is 1. The van der Waals surface area contributed by atoms with Gasteiger partial charge in [-0.05, 0) is 54.4 Å². The van der Waals surface area contributed by atoms with Gasteiger partial charge in [0.05, 0.1) is 15.9 Å². The Balaban J connectivity index is 1.34. The second kappa shape index (κ2) is 4.17. The van der Waals surface area contributed by atoms with Gasteiger partial charge in [-0.2, -0.15) is 5.10 Å². The van der Waals surface area contributed by atoms with Crippen LogP contribution in [0.4, 0.5) is 17.1 Å². The third-order valence-corrected chi connectivity index (χ3v) is 7.74. The summed E-state index contributed by atoms with van der Waals surface area (Å²) >= 11 is 0. The van der Waals surface area contributed by atoms with E-state index < -0.39 is 9.85 Å². The van der Waals surface area contributed by atoms with E-state index in [-0.39, 0.29) is 17.1 Å². The Kier molecular flexibility index (Phi) is 2.29. The third kappa shape index (κ3) is 1.43. The fourth-order valence-electron chi connectivity index (χ4n) is 7.29. The number of rotatable bonds is 4. The molecule has 2 bridgehead atoms. The van der Waals surface area contributed by atoms with Crippen molar-refractivity contribution in [3.05, 3.63) is 38.4 Å². The van der Waals surface area contributed by atoms with Crippen molar-refractivity contribution in [3.8, 4) is 0 Å². The van der Waals surface area contributed by atoms with Gasteiger partial charge >= 0.3 is 5.69 Å². The van der Waals surface area contributed by atoms with Crippen LogP contribution < -0.4 is 5.43 Å². The summed E-state index contributed by atoms with van der Waals surface area (Å²) in [5.74, 6) is 6.15. The van der Waals surface area contributed by atoms with Crippen LogP contribution in [-0.4, -0.2) is 15.6 Å². The fourth-order valence-corrected chi connectivity index (χ4v) is 7.29. The van der Waals surface area contributed by atoms with Crippen molar-refractivity contribution in [2.24, 2.45) is 52.4 Å². The molecular formula is C17H16N4O4. The van der Waals surface area contributed by atoms with E-state index in [0.29, 0.717) is 11.8 Å². The van der Waals surface area contributed by atoms with Crippen LogP contribution in [0.1, 0.15) is 12.8 Å². The molecular weight excluding hydrogens is 324 g/mol. The molecule has 5 saturated carbocycles. The molecule has 128 valence electrons. The molecule has 0 radical (unpaired) electrons. The van der Waals surface area contributed by atoms with Crippen LogP contribution in [0.5, 0.6) is 0 Å². The first kappa shape index (κ1) is 13.7.